The van der Waals surface area contributed by atoms with Gasteiger partial charge in [-0.1, -0.05) is 13.8 Å². The average molecular weight is 526 g/mol. The number of halogens is 1. The van der Waals surface area contributed by atoms with E-state index in [1.165, 1.54) is 5.56 Å². The summed E-state index contributed by atoms with van der Waals surface area (Å²) in [5.41, 5.74) is 0.828. The van der Waals surface area contributed by atoms with Gasteiger partial charge in [0.05, 0.1) is 6.04 Å². The second-order valence-electron chi connectivity index (χ2n) is 7.10. The molecule has 0 bridgehead atoms. The molecule has 0 aliphatic rings. The standard InChI is InChI=1S/C19H35N5O2S.HI/c1-7-24(8-2)16(15-9-12-27-14-15)13-23-17(20-6)21-10-11-22-18(25)26-19(3,4)5;/h9,12,14,16H,7-8,10-11,13H2,1-6H3,(H,22,25)(H2,20,21,23);1H. The third-order valence-corrected chi connectivity index (χ3v) is 4.65. The Labute approximate surface area is 190 Å². The summed E-state index contributed by atoms with van der Waals surface area (Å²) in [4.78, 5) is 18.3. The van der Waals surface area contributed by atoms with E-state index in [1.807, 2.05) is 20.8 Å². The van der Waals surface area contributed by atoms with Crippen LogP contribution in [-0.4, -0.2) is 62.3 Å². The molecule has 1 rings (SSSR count). The quantitative estimate of drug-likeness (QED) is 0.199. The van der Waals surface area contributed by atoms with Gasteiger partial charge in [0.25, 0.3) is 0 Å². The highest BCUT2D eigenvalue weighted by atomic mass is 127. The van der Waals surface area contributed by atoms with E-state index in [0.717, 1.165) is 19.6 Å². The molecule has 1 aromatic heterocycles. The van der Waals surface area contributed by atoms with Gasteiger partial charge in [-0.15, -0.1) is 24.0 Å². The van der Waals surface area contributed by atoms with E-state index in [9.17, 15) is 4.79 Å². The minimum Gasteiger partial charge on any atom is -0.444 e. The lowest BCUT2D eigenvalue weighted by Crippen LogP contribution is -2.45. The first-order valence-corrected chi connectivity index (χ1v) is 10.4. The van der Waals surface area contributed by atoms with Gasteiger partial charge in [-0.05, 0) is 56.3 Å². The van der Waals surface area contributed by atoms with E-state index < -0.39 is 11.7 Å². The maximum atomic E-state index is 11.6. The van der Waals surface area contributed by atoms with Crippen LogP contribution in [0.2, 0.25) is 0 Å². The molecule has 9 heteroatoms. The number of hydrogen-bond donors (Lipinski definition) is 3. The van der Waals surface area contributed by atoms with Crippen LogP contribution in [0.4, 0.5) is 4.79 Å². The molecule has 0 aliphatic carbocycles. The first kappa shape index (κ1) is 26.9. The molecular weight excluding hydrogens is 489 g/mol. The van der Waals surface area contributed by atoms with Crippen LogP contribution in [0, 0.1) is 0 Å². The van der Waals surface area contributed by atoms with Crippen LogP contribution in [0.25, 0.3) is 0 Å². The minimum atomic E-state index is -0.490. The van der Waals surface area contributed by atoms with Crippen molar-refractivity contribution in [2.45, 2.75) is 46.3 Å². The third kappa shape index (κ3) is 10.5. The second kappa shape index (κ2) is 14.0. The zero-order valence-corrected chi connectivity index (χ0v) is 21.0. The molecule has 0 fully saturated rings. The van der Waals surface area contributed by atoms with E-state index in [-0.39, 0.29) is 24.0 Å². The van der Waals surface area contributed by atoms with Crippen molar-refractivity contribution in [3.05, 3.63) is 22.4 Å². The van der Waals surface area contributed by atoms with Crippen LogP contribution in [0.5, 0.6) is 0 Å². The first-order valence-electron chi connectivity index (χ1n) is 9.48. The predicted molar refractivity (Wildman–Crippen MR) is 129 cm³/mol. The molecule has 1 atom stereocenters. The number of carbonyl (C=O) groups is 1. The summed E-state index contributed by atoms with van der Waals surface area (Å²) in [6.45, 7) is 13.7. The molecule has 0 spiro atoms. The van der Waals surface area contributed by atoms with Crippen molar-refractivity contribution < 1.29 is 9.53 Å². The van der Waals surface area contributed by atoms with Crippen LogP contribution < -0.4 is 16.0 Å². The number of amides is 1. The molecule has 0 aromatic carbocycles. The van der Waals surface area contributed by atoms with Gasteiger partial charge in [-0.25, -0.2) is 4.79 Å². The Morgan fingerprint density at radius 2 is 1.86 bits per heavy atom. The fraction of sp³-hybridized carbons (Fsp3) is 0.684. The summed E-state index contributed by atoms with van der Waals surface area (Å²) in [5, 5.41) is 13.6. The number of likely N-dealkylation sites (N-methyl/N-ethyl adjacent to an activating group) is 1. The highest BCUT2D eigenvalue weighted by Crippen LogP contribution is 2.22. The van der Waals surface area contributed by atoms with Crippen molar-refractivity contribution in [3.8, 4) is 0 Å². The molecule has 0 saturated heterocycles. The van der Waals surface area contributed by atoms with Gasteiger partial charge >= 0.3 is 6.09 Å². The smallest absolute Gasteiger partial charge is 0.407 e. The van der Waals surface area contributed by atoms with Gasteiger partial charge in [0.1, 0.15) is 5.60 Å². The normalized spacial score (nSPS) is 12.9. The van der Waals surface area contributed by atoms with Crippen LogP contribution in [0.3, 0.4) is 0 Å². The Hall–Kier alpha value is -1.07. The lowest BCUT2D eigenvalue weighted by Gasteiger charge is -2.30. The number of aliphatic imine (C=N–C) groups is 1. The van der Waals surface area contributed by atoms with Crippen LogP contribution in [-0.2, 0) is 4.74 Å². The van der Waals surface area contributed by atoms with Gasteiger partial charge in [0, 0.05) is 26.7 Å². The van der Waals surface area contributed by atoms with E-state index in [1.54, 1.807) is 18.4 Å². The predicted octanol–water partition coefficient (Wildman–Crippen LogP) is 3.44. The van der Waals surface area contributed by atoms with Crippen LogP contribution in [0.15, 0.2) is 21.8 Å². The maximum absolute atomic E-state index is 11.6. The van der Waals surface area contributed by atoms with Crippen molar-refractivity contribution >= 4 is 47.4 Å². The average Bonchev–Trinajstić information content (AvgIpc) is 3.12. The molecule has 0 aliphatic heterocycles. The van der Waals surface area contributed by atoms with Crippen molar-refractivity contribution in [1.29, 1.82) is 0 Å². The monoisotopic (exact) mass is 525 g/mol. The van der Waals surface area contributed by atoms with E-state index in [0.29, 0.717) is 25.1 Å². The summed E-state index contributed by atoms with van der Waals surface area (Å²) in [5.74, 6) is 0.716. The Morgan fingerprint density at radius 3 is 2.36 bits per heavy atom. The third-order valence-electron chi connectivity index (χ3n) is 3.95. The van der Waals surface area contributed by atoms with Gasteiger partial charge in [0.15, 0.2) is 5.96 Å². The number of ether oxygens (including phenoxy) is 1. The Morgan fingerprint density at radius 1 is 1.21 bits per heavy atom. The zero-order chi connectivity index (χ0) is 20.3. The molecule has 28 heavy (non-hydrogen) atoms. The van der Waals surface area contributed by atoms with Crippen molar-refractivity contribution in [1.82, 2.24) is 20.9 Å². The molecule has 1 unspecified atom stereocenters. The van der Waals surface area contributed by atoms with Crippen LogP contribution in [0.1, 0.15) is 46.2 Å². The maximum Gasteiger partial charge on any atom is 0.407 e. The van der Waals surface area contributed by atoms with Gasteiger partial charge < -0.3 is 20.7 Å². The summed E-state index contributed by atoms with van der Waals surface area (Å²) >= 11 is 1.72. The van der Waals surface area contributed by atoms with Crippen molar-refractivity contribution in [2.75, 3.05) is 39.8 Å². The highest BCUT2D eigenvalue weighted by molar-refractivity contribution is 14.0. The Balaban J connectivity index is 0.00000729. The first-order chi connectivity index (χ1) is 12.8. The molecule has 1 amide bonds. The molecule has 3 N–H and O–H groups in total. The number of guanidine groups is 1. The molecule has 1 aromatic rings. The molecule has 0 saturated carbocycles. The minimum absolute atomic E-state index is 0. The molecular formula is C19H36IN5O2S. The van der Waals surface area contributed by atoms with Crippen molar-refractivity contribution in [3.63, 3.8) is 0 Å². The fourth-order valence-corrected chi connectivity index (χ4v) is 3.37. The van der Waals surface area contributed by atoms with E-state index in [2.05, 4.69) is 56.5 Å². The fourth-order valence-electron chi connectivity index (χ4n) is 2.66. The van der Waals surface area contributed by atoms with Gasteiger partial charge in [0.2, 0.25) is 0 Å². The number of hydrogen-bond acceptors (Lipinski definition) is 5. The number of nitrogens with one attached hydrogen (secondary N) is 3. The SMILES string of the molecule is CCN(CC)C(CNC(=NC)NCCNC(=O)OC(C)(C)C)c1ccsc1.I. The molecule has 0 radical (unpaired) electrons. The molecule has 162 valence electrons. The van der Waals surface area contributed by atoms with Crippen molar-refractivity contribution in [2.24, 2.45) is 4.99 Å². The largest absolute Gasteiger partial charge is 0.444 e. The molecule has 7 nitrogen and oxygen atoms in total. The number of nitrogens with zero attached hydrogens (tertiary/aromatic N) is 2. The van der Waals surface area contributed by atoms with Gasteiger partial charge in [-0.2, -0.15) is 11.3 Å². The summed E-state index contributed by atoms with van der Waals surface area (Å²) in [6.07, 6.45) is -0.411. The van der Waals surface area contributed by atoms with E-state index >= 15 is 0 Å². The lowest BCUT2D eigenvalue weighted by atomic mass is 10.1. The zero-order valence-electron chi connectivity index (χ0n) is 17.9. The van der Waals surface area contributed by atoms with E-state index in [4.69, 9.17) is 4.74 Å². The lowest BCUT2D eigenvalue weighted by molar-refractivity contribution is 0.0529. The number of rotatable bonds is 9. The second-order valence-corrected chi connectivity index (χ2v) is 7.88. The number of thiophene rings is 1. The Bertz CT molecular complexity index is 571. The molecule has 1 heterocycles. The van der Waals surface area contributed by atoms with Gasteiger partial charge in [-0.3, -0.25) is 9.89 Å². The topological polar surface area (TPSA) is 78.0 Å². The van der Waals surface area contributed by atoms with Crippen LogP contribution >= 0.6 is 35.3 Å². The highest BCUT2D eigenvalue weighted by Gasteiger charge is 2.19. The number of carbonyl (C=O) groups excluding carboxylic acids is 1. The Kier molecular flexibility index (Phi) is 13.5. The summed E-state index contributed by atoms with van der Waals surface area (Å²) in [7, 11) is 1.74. The summed E-state index contributed by atoms with van der Waals surface area (Å²) in [6, 6.07) is 2.47. The number of alkyl carbamates (subject to hydrolysis) is 1. The summed E-state index contributed by atoms with van der Waals surface area (Å²) < 4.78 is 5.21.